The molecule has 0 saturated heterocycles. The predicted molar refractivity (Wildman–Crippen MR) is 483 cm³/mol. The van der Waals surface area contributed by atoms with E-state index in [9.17, 15) is 14.7 Å². The van der Waals surface area contributed by atoms with Gasteiger partial charge in [0, 0.05) is 154 Å². The van der Waals surface area contributed by atoms with Gasteiger partial charge in [0.05, 0.1) is 11.3 Å². The molecule has 15 heteroatoms. The summed E-state index contributed by atoms with van der Waals surface area (Å²) in [6, 6.07) is 114. The molecule has 17 aromatic rings. The Morgan fingerprint density at radius 2 is 1.02 bits per heavy atom. The van der Waals surface area contributed by atoms with Crippen LogP contribution < -0.4 is 0 Å². The molecule has 18 rings (SSSR count). The molecule has 0 bridgehead atoms. The number of aliphatic hydroxyl groups is 2. The summed E-state index contributed by atoms with van der Waals surface area (Å²) >= 11 is 1.73. The number of allylic oxidation sites excluding steroid dienone is 4. The molecule has 0 saturated carbocycles. The number of hydrogen-bond acceptors (Lipinski definition) is 10. The van der Waals surface area contributed by atoms with Crippen LogP contribution >= 0.6 is 11.3 Å². The fourth-order valence-corrected chi connectivity index (χ4v) is 14.2. The van der Waals surface area contributed by atoms with Gasteiger partial charge in [-0.3, -0.25) is 14.6 Å². The smallest absolute Gasteiger partial charge is 0.164 e. The number of rotatable bonds is 7. The number of aliphatic hydroxyl groups excluding tert-OH is 2. The Kier molecular flexibility index (Phi) is 36.3. The Bertz CT molecular complexity index is 6250. The molecule has 0 atom stereocenters. The number of aromatic nitrogens is 5. The van der Waals surface area contributed by atoms with Gasteiger partial charge in [-0.25, -0.2) is 11.3 Å². The monoisotopic (exact) mass is 2500 g/mol. The van der Waals surface area contributed by atoms with Gasteiger partial charge in [0.15, 0.2) is 11.6 Å². The fourth-order valence-electron chi connectivity index (χ4n) is 13.2. The van der Waals surface area contributed by atoms with Crippen molar-refractivity contribution in [3.8, 4) is 66.6 Å². The minimum absolute atomic E-state index is 0. The van der Waals surface area contributed by atoms with Crippen molar-refractivity contribution in [1.82, 2.24) is 24.9 Å². The molecule has 0 fully saturated rings. The van der Waals surface area contributed by atoms with Crippen molar-refractivity contribution in [2.24, 2.45) is 10.8 Å². The van der Waals surface area contributed by atoms with E-state index in [1.807, 2.05) is 163 Å². The van der Waals surface area contributed by atoms with E-state index in [1.165, 1.54) is 102 Å². The second-order valence-electron chi connectivity index (χ2n) is 31.9. The molecule has 0 unspecified atom stereocenters. The Labute approximate surface area is 783 Å². The molecular weight excluding hydrogens is 2400 g/mol. The summed E-state index contributed by atoms with van der Waals surface area (Å²) in [7, 11) is 0. The summed E-state index contributed by atoms with van der Waals surface area (Å²) in [6.45, 7) is 25.2. The van der Waals surface area contributed by atoms with Crippen LogP contribution in [0.2, 0.25) is 0 Å². The van der Waals surface area contributed by atoms with E-state index in [0.29, 0.717) is 0 Å². The van der Waals surface area contributed by atoms with Crippen LogP contribution in [0, 0.1) is 41.2 Å². The van der Waals surface area contributed by atoms with Crippen LogP contribution in [0.15, 0.2) is 334 Å². The zero-order chi connectivity index (χ0) is 82.2. The van der Waals surface area contributed by atoms with Gasteiger partial charge < -0.3 is 30.1 Å². The van der Waals surface area contributed by atoms with E-state index in [1.54, 1.807) is 11.3 Å². The third-order valence-electron chi connectivity index (χ3n) is 19.7. The standard InChI is InChI=1S/C24H18N.C19H12NS.C19H18N.C15H10N.C13H8N.C11H20O2.C5H8O2.5Ir/c1-24(2)21-10-6-5-9-19(21)20-12-11-17(15-22(20)24)23-18-8-4-3-7-16(18)13-14-25-23;1-2-6-14(7-3-1)16-10-11-17(20-13-16)19-12-15-8-4-5-9-18(15)21-19;1-19(2,3)16-10-8-15(9-11-16)18-17-7-5-4-6-14(17)12-13-20-18;1-2-6-12(7-3-1)15-11-10-13-8-4-5-9-14(13)16-15;1-2-6-12-10(4-1)7-8-11-5-3-9-14-13(11)12;1-10(2,3)8(12)7-9(13)11(4,5)6;1-4(6)3-5(2)7;;;;;/h3-10,12-15H,1-2H3;1-11,13H;4-8,10-13H,1-3H3;1-6,8-11H;1-5,7-9H;7,12H,1-6H3;3,6H,1-2H3;;;;;/q5*-1;;;;;;;. The van der Waals surface area contributed by atoms with Crippen molar-refractivity contribution in [3.63, 3.8) is 0 Å². The first-order valence-corrected chi connectivity index (χ1v) is 39.6. The van der Waals surface area contributed by atoms with E-state index < -0.39 is 5.41 Å². The number of hydrogen-bond donors (Lipinski definition) is 2. The number of benzene rings is 11. The van der Waals surface area contributed by atoms with Crippen molar-refractivity contribution < 1.29 is 120 Å². The fraction of sp³-hybridized carbons (Fsp3) is 0.160. The minimum atomic E-state index is -0.417. The van der Waals surface area contributed by atoms with Gasteiger partial charge in [-0.2, -0.15) is 0 Å². The third-order valence-corrected chi connectivity index (χ3v) is 20.8. The van der Waals surface area contributed by atoms with Crippen molar-refractivity contribution >= 4 is 87.1 Å². The molecule has 1 aliphatic carbocycles. The number of para-hydroxylation sites is 1. The van der Waals surface area contributed by atoms with Gasteiger partial charge in [0.2, 0.25) is 0 Å². The number of pyridine rings is 5. The number of carbonyl (C=O) groups excluding carboxylic acids is 2. The molecule has 0 amide bonds. The van der Waals surface area contributed by atoms with E-state index in [0.717, 1.165) is 71.7 Å². The third kappa shape index (κ3) is 25.6. The number of fused-ring (bicyclic) bond motifs is 10. The molecule has 6 aromatic heterocycles. The Hall–Kier alpha value is -9.90. The van der Waals surface area contributed by atoms with Gasteiger partial charge in [-0.05, 0) is 130 Å². The first-order chi connectivity index (χ1) is 55.7. The van der Waals surface area contributed by atoms with Crippen molar-refractivity contribution in [2.45, 2.75) is 101 Å². The van der Waals surface area contributed by atoms with Crippen LogP contribution in [0.1, 0.15) is 107 Å². The Morgan fingerprint density at radius 1 is 0.438 bits per heavy atom. The molecule has 9 nitrogen and oxygen atoms in total. The summed E-state index contributed by atoms with van der Waals surface area (Å²) in [5, 5.41) is 28.5. The quantitative estimate of drug-likeness (QED) is 0.0691. The van der Waals surface area contributed by atoms with E-state index in [-0.39, 0.29) is 140 Å². The number of nitrogens with zero attached hydrogens (tertiary/aromatic N) is 5. The van der Waals surface area contributed by atoms with E-state index >= 15 is 0 Å². The van der Waals surface area contributed by atoms with Crippen LogP contribution in [0.4, 0.5) is 0 Å². The molecule has 11 aromatic carbocycles. The van der Waals surface area contributed by atoms with Crippen molar-refractivity contribution in [3.05, 3.63) is 381 Å². The van der Waals surface area contributed by atoms with Crippen LogP contribution in [0.25, 0.3) is 131 Å². The molecule has 623 valence electrons. The van der Waals surface area contributed by atoms with Gasteiger partial charge in [-0.1, -0.05) is 263 Å². The number of thiophene rings is 1. The molecule has 1 aliphatic rings. The average molecular weight is 2500 g/mol. The summed E-state index contributed by atoms with van der Waals surface area (Å²) in [6.07, 6.45) is 10.0. The second kappa shape index (κ2) is 44.8. The van der Waals surface area contributed by atoms with Gasteiger partial charge in [0.25, 0.3) is 0 Å². The summed E-state index contributed by atoms with van der Waals surface area (Å²) in [5.74, 6) is 0.0415. The summed E-state index contributed by atoms with van der Waals surface area (Å²) in [4.78, 5) is 45.4. The molecule has 2 N–H and O–H groups in total. The van der Waals surface area contributed by atoms with Gasteiger partial charge >= 0.3 is 0 Å². The zero-order valence-electron chi connectivity index (χ0n) is 69.6. The first kappa shape index (κ1) is 98.2. The minimum Gasteiger partial charge on any atom is -0.512 e. The molecule has 0 spiro atoms. The van der Waals surface area contributed by atoms with Gasteiger partial charge in [0.1, 0.15) is 5.76 Å². The summed E-state index contributed by atoms with van der Waals surface area (Å²) < 4.78 is 1.25. The average Bonchev–Trinajstić information content (AvgIpc) is 1.58. The van der Waals surface area contributed by atoms with Gasteiger partial charge in [-0.15, -0.1) is 159 Å². The second-order valence-corrected chi connectivity index (χ2v) is 33.0. The van der Waals surface area contributed by atoms with Crippen LogP contribution in [-0.2, 0) is 121 Å². The van der Waals surface area contributed by atoms with Crippen LogP contribution in [0.3, 0.4) is 0 Å². The largest absolute Gasteiger partial charge is 0.512 e. The van der Waals surface area contributed by atoms with Crippen LogP contribution in [0.5, 0.6) is 0 Å². The number of ketones is 2. The van der Waals surface area contributed by atoms with E-state index in [4.69, 9.17) is 5.11 Å². The topological polar surface area (TPSA) is 139 Å². The normalized spacial score (nSPS) is 11.6. The zero-order valence-corrected chi connectivity index (χ0v) is 82.4. The maximum absolute atomic E-state index is 11.5. The van der Waals surface area contributed by atoms with Crippen molar-refractivity contribution in [1.29, 1.82) is 0 Å². The molecule has 121 heavy (non-hydrogen) atoms. The molecule has 6 heterocycles. The van der Waals surface area contributed by atoms with E-state index in [2.05, 4.69) is 278 Å². The molecule has 0 aliphatic heterocycles. The SMILES string of the molecule is CC(=O)C=C(C)O.CC(C)(C)C(=O)C=C(O)C(C)(C)C.CC(C)(C)c1c[c-]c(-c2nccc3ccccc23)cc1.CC1(C)c2ccccc2-c2c[c-]c(-c3nccc4ccccc34)cc21.[Ir].[Ir].[Ir].[Ir].[Ir].[c-]1c(-c2ccc(-c3ccccc3)cn2)sc2ccccc12.[c-]1cccc2ccc3cccnc3c12.[c-]1ccccc1-c1ccc2ccccc2n1. The summed E-state index contributed by atoms with van der Waals surface area (Å²) in [5.41, 5.74) is 17.6. The van der Waals surface area contributed by atoms with Crippen LogP contribution in [-0.4, -0.2) is 46.7 Å². The van der Waals surface area contributed by atoms with Crippen molar-refractivity contribution in [2.75, 3.05) is 0 Å². The maximum atomic E-state index is 11.5. The molecule has 5 radical (unpaired) electrons. The molecular formula is C106H94Ir5N5O4S-5. The maximum Gasteiger partial charge on any atom is 0.164 e. The Morgan fingerprint density at radius 3 is 1.63 bits per heavy atom. The predicted octanol–water partition coefficient (Wildman–Crippen LogP) is 27.4. The number of carbonyl (C=O) groups is 2. The first-order valence-electron chi connectivity index (χ1n) is 38.8. The Balaban J connectivity index is 0.000000198.